The van der Waals surface area contributed by atoms with Crippen LogP contribution in [-0.4, -0.2) is 46.4 Å². The van der Waals surface area contributed by atoms with Gasteiger partial charge in [-0.2, -0.15) is 0 Å². The zero-order valence-corrected chi connectivity index (χ0v) is 15.4. The van der Waals surface area contributed by atoms with Crippen LogP contribution in [0.25, 0.3) is 0 Å². The quantitative estimate of drug-likeness (QED) is 0.817. The molecule has 23 heavy (non-hydrogen) atoms. The van der Waals surface area contributed by atoms with Crippen LogP contribution in [0.3, 0.4) is 0 Å². The predicted octanol–water partition coefficient (Wildman–Crippen LogP) is 1.61. The van der Waals surface area contributed by atoms with Crippen molar-refractivity contribution in [3.8, 4) is 0 Å². The van der Waals surface area contributed by atoms with E-state index < -0.39 is 16.1 Å². The molecule has 0 saturated heterocycles. The van der Waals surface area contributed by atoms with Crippen molar-refractivity contribution in [2.45, 2.75) is 39.8 Å². The number of nitrogens with zero attached hydrogens (tertiary/aromatic N) is 1. The van der Waals surface area contributed by atoms with Gasteiger partial charge in [0.15, 0.2) is 0 Å². The molecule has 2 atom stereocenters. The Kier molecular flexibility index (Phi) is 6.58. The van der Waals surface area contributed by atoms with E-state index in [-0.39, 0.29) is 11.9 Å². The van der Waals surface area contributed by atoms with Gasteiger partial charge < -0.3 is 10.1 Å². The summed E-state index contributed by atoms with van der Waals surface area (Å²) in [5.74, 6) is -0.362. The van der Waals surface area contributed by atoms with Gasteiger partial charge >= 0.3 is 0 Å². The highest BCUT2D eigenvalue weighted by Gasteiger charge is 2.29. The van der Waals surface area contributed by atoms with Crippen molar-refractivity contribution in [1.82, 2.24) is 5.32 Å². The molecular formula is C16H26N2O4S. The number of aryl methyl sites for hydroxylation is 2. The third-order valence-electron chi connectivity index (χ3n) is 3.35. The predicted molar refractivity (Wildman–Crippen MR) is 92.2 cm³/mol. The molecule has 0 bridgehead atoms. The van der Waals surface area contributed by atoms with Crippen molar-refractivity contribution in [2.24, 2.45) is 0 Å². The van der Waals surface area contributed by atoms with Gasteiger partial charge in [-0.25, -0.2) is 8.42 Å². The number of rotatable bonds is 7. The molecule has 6 nitrogen and oxygen atoms in total. The fourth-order valence-corrected chi connectivity index (χ4v) is 3.70. The summed E-state index contributed by atoms with van der Waals surface area (Å²) in [6.07, 6.45) is 1.10. The van der Waals surface area contributed by atoms with Gasteiger partial charge in [-0.3, -0.25) is 9.10 Å². The van der Waals surface area contributed by atoms with Crippen molar-refractivity contribution in [1.29, 1.82) is 0 Å². The normalized spacial score (nSPS) is 14.2. The maximum atomic E-state index is 12.4. The lowest BCUT2D eigenvalue weighted by molar-refractivity contribution is -0.122. The molecule has 0 fully saturated rings. The van der Waals surface area contributed by atoms with E-state index in [1.165, 1.54) is 0 Å². The largest absolute Gasteiger partial charge is 0.383 e. The van der Waals surface area contributed by atoms with Crippen molar-refractivity contribution >= 4 is 21.6 Å². The first-order valence-electron chi connectivity index (χ1n) is 7.43. The first-order valence-corrected chi connectivity index (χ1v) is 9.28. The molecule has 7 heteroatoms. The van der Waals surface area contributed by atoms with Gasteiger partial charge in [0.25, 0.3) is 0 Å². The van der Waals surface area contributed by atoms with Crippen LogP contribution in [0.1, 0.15) is 25.0 Å². The highest BCUT2D eigenvalue weighted by molar-refractivity contribution is 7.92. The third-order valence-corrected chi connectivity index (χ3v) is 4.60. The molecule has 0 spiro atoms. The fraction of sp³-hybridized carbons (Fsp3) is 0.562. The molecule has 0 aliphatic carbocycles. The van der Waals surface area contributed by atoms with Crippen molar-refractivity contribution < 1.29 is 17.9 Å². The number of hydrogen-bond acceptors (Lipinski definition) is 4. The number of ether oxygens (including phenoxy) is 1. The number of nitrogens with one attached hydrogen (secondary N) is 1. The highest BCUT2D eigenvalue weighted by Crippen LogP contribution is 2.23. The molecule has 0 aliphatic heterocycles. The molecular weight excluding hydrogens is 316 g/mol. The monoisotopic (exact) mass is 342 g/mol. The summed E-state index contributed by atoms with van der Waals surface area (Å²) < 4.78 is 30.6. The standard InChI is InChI=1S/C16H26N2O4S/c1-11-7-12(2)9-15(8-11)18(23(6,20)21)14(4)16(19)17-13(3)10-22-5/h7-9,13-14H,10H2,1-6H3,(H,17,19). The fourth-order valence-electron chi connectivity index (χ4n) is 2.54. The number of benzene rings is 1. The van der Waals surface area contributed by atoms with Crippen LogP contribution < -0.4 is 9.62 Å². The van der Waals surface area contributed by atoms with Gasteiger partial charge in [0.05, 0.1) is 18.6 Å². The lowest BCUT2D eigenvalue weighted by Gasteiger charge is -2.29. The van der Waals surface area contributed by atoms with Crippen LogP contribution >= 0.6 is 0 Å². The Morgan fingerprint density at radius 3 is 2.17 bits per heavy atom. The number of methoxy groups -OCH3 is 1. The van der Waals surface area contributed by atoms with Crippen molar-refractivity contribution in [3.05, 3.63) is 29.3 Å². The summed E-state index contributed by atoms with van der Waals surface area (Å²) in [5.41, 5.74) is 2.37. The molecule has 1 rings (SSSR count). The van der Waals surface area contributed by atoms with E-state index in [0.29, 0.717) is 12.3 Å². The van der Waals surface area contributed by atoms with Gasteiger partial charge in [-0.05, 0) is 51.0 Å². The van der Waals surface area contributed by atoms with Crippen molar-refractivity contribution in [3.63, 3.8) is 0 Å². The third kappa shape index (κ3) is 5.51. The Hall–Kier alpha value is -1.60. The van der Waals surface area contributed by atoms with Crippen LogP contribution in [0.2, 0.25) is 0 Å². The molecule has 1 N–H and O–H groups in total. The van der Waals surface area contributed by atoms with E-state index in [0.717, 1.165) is 21.7 Å². The molecule has 0 saturated carbocycles. The average molecular weight is 342 g/mol. The van der Waals surface area contributed by atoms with E-state index in [1.807, 2.05) is 19.9 Å². The van der Waals surface area contributed by atoms with Gasteiger partial charge in [-0.15, -0.1) is 0 Å². The van der Waals surface area contributed by atoms with Crippen LogP contribution in [-0.2, 0) is 19.6 Å². The van der Waals surface area contributed by atoms with Crippen LogP contribution in [0.15, 0.2) is 18.2 Å². The van der Waals surface area contributed by atoms with Gasteiger partial charge in [0.1, 0.15) is 6.04 Å². The second-order valence-electron chi connectivity index (χ2n) is 5.95. The topological polar surface area (TPSA) is 75.7 Å². The molecule has 0 heterocycles. The SMILES string of the molecule is COCC(C)NC(=O)C(C)N(c1cc(C)cc(C)c1)S(C)(=O)=O. The number of anilines is 1. The summed E-state index contributed by atoms with van der Waals surface area (Å²) in [4.78, 5) is 12.4. The summed E-state index contributed by atoms with van der Waals surface area (Å²) >= 11 is 0. The summed E-state index contributed by atoms with van der Waals surface area (Å²) in [6, 6.07) is 4.42. The molecule has 0 aromatic heterocycles. The van der Waals surface area contributed by atoms with Gasteiger partial charge in [0.2, 0.25) is 15.9 Å². The minimum Gasteiger partial charge on any atom is -0.383 e. The Labute approximate surface area is 138 Å². The summed E-state index contributed by atoms with van der Waals surface area (Å²) in [6.45, 7) is 7.52. The van der Waals surface area contributed by atoms with E-state index in [4.69, 9.17) is 4.74 Å². The Morgan fingerprint density at radius 1 is 1.22 bits per heavy atom. The first-order chi connectivity index (χ1) is 10.6. The Balaban J connectivity index is 3.14. The minimum absolute atomic E-state index is 0.199. The number of carbonyl (C=O) groups excluding carboxylic acids is 1. The number of sulfonamides is 1. The maximum Gasteiger partial charge on any atom is 0.243 e. The second-order valence-corrected chi connectivity index (χ2v) is 7.81. The van der Waals surface area contributed by atoms with E-state index in [1.54, 1.807) is 33.1 Å². The van der Waals surface area contributed by atoms with Crippen LogP contribution in [0, 0.1) is 13.8 Å². The van der Waals surface area contributed by atoms with E-state index in [2.05, 4.69) is 5.32 Å². The van der Waals surface area contributed by atoms with Crippen molar-refractivity contribution in [2.75, 3.05) is 24.3 Å². The molecule has 2 unspecified atom stereocenters. The average Bonchev–Trinajstić information content (AvgIpc) is 2.35. The lowest BCUT2D eigenvalue weighted by Crippen LogP contribution is -2.50. The number of carbonyl (C=O) groups is 1. The lowest BCUT2D eigenvalue weighted by atomic mass is 10.1. The smallest absolute Gasteiger partial charge is 0.243 e. The second kappa shape index (κ2) is 7.79. The van der Waals surface area contributed by atoms with E-state index >= 15 is 0 Å². The minimum atomic E-state index is -3.60. The molecule has 0 radical (unpaired) electrons. The van der Waals surface area contributed by atoms with Crippen LogP contribution in [0.4, 0.5) is 5.69 Å². The van der Waals surface area contributed by atoms with Crippen LogP contribution in [0.5, 0.6) is 0 Å². The first kappa shape index (κ1) is 19.4. The molecule has 0 aliphatic rings. The molecule has 1 aromatic carbocycles. The number of amides is 1. The molecule has 1 amide bonds. The Bertz CT molecular complexity index is 638. The maximum absolute atomic E-state index is 12.4. The van der Waals surface area contributed by atoms with E-state index in [9.17, 15) is 13.2 Å². The highest BCUT2D eigenvalue weighted by atomic mass is 32.2. The molecule has 130 valence electrons. The summed E-state index contributed by atoms with van der Waals surface area (Å²) in [7, 11) is -2.06. The number of hydrogen-bond donors (Lipinski definition) is 1. The molecule has 1 aromatic rings. The zero-order chi connectivity index (χ0) is 17.8. The van der Waals surface area contributed by atoms with Gasteiger partial charge in [0, 0.05) is 13.2 Å². The zero-order valence-electron chi connectivity index (χ0n) is 14.6. The van der Waals surface area contributed by atoms with Gasteiger partial charge in [-0.1, -0.05) is 6.07 Å². The summed E-state index contributed by atoms with van der Waals surface area (Å²) in [5, 5.41) is 2.76. The Morgan fingerprint density at radius 2 is 1.74 bits per heavy atom.